The monoisotopic (exact) mass is 452 g/mol. The number of benzene rings is 3. The summed E-state index contributed by atoms with van der Waals surface area (Å²) in [5, 5.41) is 0. The number of fused-ring (bicyclic) bond motifs is 2. The summed E-state index contributed by atoms with van der Waals surface area (Å²) in [7, 11) is 0. The van der Waals surface area contributed by atoms with Gasteiger partial charge in [-0.3, -0.25) is 0 Å². The fourth-order valence-corrected chi connectivity index (χ4v) is 4.01. The summed E-state index contributed by atoms with van der Waals surface area (Å²) in [6.45, 7) is 6.21. The topological polar surface area (TPSA) is 0 Å². The Morgan fingerprint density at radius 3 is 2.24 bits per heavy atom. The molecule has 0 N–H and O–H groups in total. The second-order valence-electron chi connectivity index (χ2n) is 7.46. The molecule has 0 saturated carbocycles. The van der Waals surface area contributed by atoms with Crippen LogP contribution in [0.1, 0.15) is 58.6 Å². The minimum absolute atomic E-state index is 0. The van der Waals surface area contributed by atoms with Gasteiger partial charge in [0.25, 0.3) is 0 Å². The zero-order chi connectivity index (χ0) is 19.3. The maximum Gasteiger partial charge on any atom is 2.00 e. The van der Waals surface area contributed by atoms with Gasteiger partial charge < -0.3 is 6.92 Å². The summed E-state index contributed by atoms with van der Waals surface area (Å²) in [6, 6.07) is 26.9. The van der Waals surface area contributed by atoms with E-state index in [1.165, 1.54) is 39.8 Å². The quantitative estimate of drug-likeness (QED) is 0.367. The van der Waals surface area contributed by atoms with Gasteiger partial charge in [0.1, 0.15) is 0 Å². The molecule has 3 aromatic carbocycles. The van der Waals surface area contributed by atoms with Crippen molar-refractivity contribution in [2.45, 2.75) is 31.6 Å². The maximum absolute atomic E-state index is 3.99. The Morgan fingerprint density at radius 2 is 1.52 bits per heavy atom. The summed E-state index contributed by atoms with van der Waals surface area (Å²) in [5.74, 6) is 0.794. The van der Waals surface area contributed by atoms with E-state index in [1.807, 2.05) is 0 Å². The number of allylic oxidation sites excluding steroid dienone is 2. The van der Waals surface area contributed by atoms with Crippen LogP contribution in [-0.4, -0.2) is 0 Å². The predicted octanol–water partition coefficient (Wildman–Crippen LogP) is 7.23. The largest absolute Gasteiger partial charge is 2.00 e. The first-order valence-corrected chi connectivity index (χ1v) is 10.1. The zero-order valence-corrected chi connectivity index (χ0v) is 19.4. The Hall–Kier alpha value is -1.98. The Balaban J connectivity index is 0.000000186. The molecule has 29 heavy (non-hydrogen) atoms. The second kappa shape index (κ2) is 10.2. The van der Waals surface area contributed by atoms with Crippen molar-refractivity contribution in [1.29, 1.82) is 0 Å². The molecule has 2 unspecified atom stereocenters. The van der Waals surface area contributed by atoms with Gasteiger partial charge in [-0.1, -0.05) is 92.1 Å². The third-order valence-electron chi connectivity index (χ3n) is 5.47. The van der Waals surface area contributed by atoms with Crippen molar-refractivity contribution >= 4 is 12.2 Å². The van der Waals surface area contributed by atoms with Gasteiger partial charge in [0.15, 0.2) is 0 Å². The predicted molar refractivity (Wildman–Crippen MR) is 120 cm³/mol. The third kappa shape index (κ3) is 4.96. The van der Waals surface area contributed by atoms with Gasteiger partial charge in [0, 0.05) is 5.92 Å². The van der Waals surface area contributed by atoms with Crippen molar-refractivity contribution in [3.63, 3.8) is 0 Å². The van der Waals surface area contributed by atoms with E-state index in [0.29, 0.717) is 11.8 Å². The second-order valence-corrected chi connectivity index (χ2v) is 7.46. The van der Waals surface area contributed by atoms with Gasteiger partial charge in [0.05, 0.1) is 0 Å². The summed E-state index contributed by atoms with van der Waals surface area (Å²) in [5.41, 5.74) is 8.16. The molecule has 3 aromatic rings. The standard InChI is InChI=1S/C18H17.C10H9.Zr/c1-2-6-14-7-5-9-16(13-14)18-12-11-15-8-3-4-10-17(15)18;1-8-6-7-9-4-2-3-5-10(8)9;/h3-5,8-13,18H,2,6H2,1H3;2-8H,1H2;/q2*-1;+2. The molecule has 5 rings (SSSR count). The number of hydrogen-bond acceptors (Lipinski definition) is 0. The van der Waals surface area contributed by atoms with E-state index in [0.717, 1.165) is 6.42 Å². The van der Waals surface area contributed by atoms with Crippen molar-refractivity contribution in [2.75, 3.05) is 0 Å². The Labute approximate surface area is 194 Å². The maximum atomic E-state index is 3.99. The van der Waals surface area contributed by atoms with Crippen LogP contribution in [-0.2, 0) is 32.6 Å². The number of aryl methyl sites for hydroxylation is 1. The molecule has 0 aromatic heterocycles. The fraction of sp³-hybridized carbons (Fsp3) is 0.179. The van der Waals surface area contributed by atoms with Crippen LogP contribution in [0.5, 0.6) is 0 Å². The molecule has 0 bridgehead atoms. The van der Waals surface area contributed by atoms with E-state index in [2.05, 4.69) is 111 Å². The Bertz CT molecular complexity index is 1010. The minimum atomic E-state index is 0. The Kier molecular flexibility index (Phi) is 7.62. The molecule has 0 spiro atoms. The molecule has 2 aliphatic rings. The van der Waals surface area contributed by atoms with Crippen molar-refractivity contribution in [2.24, 2.45) is 0 Å². The van der Waals surface area contributed by atoms with Crippen molar-refractivity contribution in [1.82, 2.24) is 0 Å². The van der Waals surface area contributed by atoms with Crippen LogP contribution < -0.4 is 0 Å². The van der Waals surface area contributed by atoms with E-state index in [9.17, 15) is 0 Å². The number of rotatable bonds is 3. The molecule has 0 heterocycles. The molecule has 2 aliphatic carbocycles. The van der Waals surface area contributed by atoms with Crippen LogP contribution in [0.3, 0.4) is 0 Å². The molecule has 0 aliphatic heterocycles. The van der Waals surface area contributed by atoms with Crippen LogP contribution in [0.15, 0.2) is 78.9 Å². The van der Waals surface area contributed by atoms with Gasteiger partial charge in [-0.05, 0) is 16.7 Å². The van der Waals surface area contributed by atoms with Crippen molar-refractivity contribution in [3.8, 4) is 0 Å². The van der Waals surface area contributed by atoms with Gasteiger partial charge in [-0.15, -0.1) is 17.6 Å². The molecule has 0 nitrogen and oxygen atoms in total. The zero-order valence-electron chi connectivity index (χ0n) is 16.9. The van der Waals surface area contributed by atoms with Crippen molar-refractivity contribution < 1.29 is 26.2 Å². The average molecular weight is 454 g/mol. The van der Waals surface area contributed by atoms with E-state index >= 15 is 0 Å². The smallest absolute Gasteiger partial charge is 0.332 e. The van der Waals surface area contributed by atoms with E-state index in [-0.39, 0.29) is 26.2 Å². The van der Waals surface area contributed by atoms with Crippen LogP contribution in [0.25, 0.3) is 12.2 Å². The van der Waals surface area contributed by atoms with Gasteiger partial charge in [0.2, 0.25) is 0 Å². The molecule has 0 radical (unpaired) electrons. The normalized spacial score (nSPS) is 17.7. The number of hydrogen-bond donors (Lipinski definition) is 0. The van der Waals surface area contributed by atoms with Gasteiger partial charge in [-0.25, -0.2) is 0 Å². The van der Waals surface area contributed by atoms with Crippen molar-refractivity contribution in [3.05, 3.63) is 125 Å². The summed E-state index contributed by atoms with van der Waals surface area (Å²) >= 11 is 0. The summed E-state index contributed by atoms with van der Waals surface area (Å²) in [6.07, 6.45) is 11.1. The molecule has 0 fully saturated rings. The SMILES string of the molecule is CCCc1[c-]ccc(C2C=Cc3ccccc32)c1.[CH2-]C1C=Cc2ccccc21.[Zr+2]. The molecule has 0 amide bonds. The first-order valence-electron chi connectivity index (χ1n) is 10.1. The molecule has 0 saturated heterocycles. The summed E-state index contributed by atoms with van der Waals surface area (Å²) < 4.78 is 0. The van der Waals surface area contributed by atoms with Crippen LogP contribution in [0.2, 0.25) is 0 Å². The average Bonchev–Trinajstić information content (AvgIpc) is 3.33. The molecule has 142 valence electrons. The first kappa shape index (κ1) is 21.7. The van der Waals surface area contributed by atoms with Gasteiger partial charge in [-0.2, -0.15) is 29.8 Å². The molecule has 2 atom stereocenters. The van der Waals surface area contributed by atoms with Crippen LogP contribution in [0.4, 0.5) is 0 Å². The minimum Gasteiger partial charge on any atom is -0.332 e. The molecule has 1 heteroatoms. The summed E-state index contributed by atoms with van der Waals surface area (Å²) in [4.78, 5) is 0. The third-order valence-corrected chi connectivity index (χ3v) is 5.47. The van der Waals surface area contributed by atoms with E-state index in [1.54, 1.807) is 0 Å². The first-order chi connectivity index (χ1) is 13.8. The van der Waals surface area contributed by atoms with Crippen LogP contribution >= 0.6 is 0 Å². The Morgan fingerprint density at radius 1 is 0.862 bits per heavy atom. The van der Waals surface area contributed by atoms with E-state index < -0.39 is 0 Å². The molecular formula is C28H26Zr. The fourth-order valence-electron chi connectivity index (χ4n) is 4.01. The molecular weight excluding hydrogens is 428 g/mol. The van der Waals surface area contributed by atoms with E-state index in [4.69, 9.17) is 0 Å². The van der Waals surface area contributed by atoms with Gasteiger partial charge >= 0.3 is 26.2 Å². The van der Waals surface area contributed by atoms with Crippen LogP contribution in [0, 0.1) is 13.0 Å².